The van der Waals surface area contributed by atoms with Crippen molar-refractivity contribution in [2.24, 2.45) is 11.1 Å². The first-order valence-electron chi connectivity index (χ1n) is 10.9. The highest BCUT2D eigenvalue weighted by molar-refractivity contribution is 6.06. The van der Waals surface area contributed by atoms with Gasteiger partial charge in [-0.2, -0.15) is 5.26 Å². The van der Waals surface area contributed by atoms with E-state index in [2.05, 4.69) is 11.1 Å². The highest BCUT2D eigenvalue weighted by atomic mass is 16.5. The minimum absolute atomic E-state index is 0.228. The minimum atomic E-state index is -1.68. The van der Waals surface area contributed by atoms with Gasteiger partial charge < -0.3 is 15.4 Å². The van der Waals surface area contributed by atoms with Gasteiger partial charge in [-0.25, -0.2) is 0 Å². The lowest BCUT2D eigenvalue weighted by Crippen LogP contribution is -2.49. The Morgan fingerprint density at radius 1 is 1.12 bits per heavy atom. The van der Waals surface area contributed by atoms with Gasteiger partial charge >= 0.3 is 0 Å². The number of carbonyl (C=O) groups excluding carboxylic acids is 2. The predicted molar refractivity (Wildman–Crippen MR) is 127 cm³/mol. The number of nitrogens with two attached hydrogens (primary N) is 1. The Hall–Kier alpha value is -4.44. The van der Waals surface area contributed by atoms with E-state index in [0.29, 0.717) is 16.9 Å². The molecule has 2 aromatic carbocycles. The molecule has 3 aromatic rings. The van der Waals surface area contributed by atoms with Crippen LogP contribution >= 0.6 is 0 Å². The van der Waals surface area contributed by atoms with Gasteiger partial charge in [-0.1, -0.05) is 42.5 Å². The molecule has 0 bridgehead atoms. The summed E-state index contributed by atoms with van der Waals surface area (Å²) in [7, 11) is 1.54. The van der Waals surface area contributed by atoms with Gasteiger partial charge in [-0.05, 0) is 41.5 Å². The van der Waals surface area contributed by atoms with E-state index >= 15 is 0 Å². The SMILES string of the molecule is COc1cccc(C(=O)C2C(c3ccncc3)C(C#N)(C(N)=O)C3C=Cc4ccccc4N23)c1. The maximum absolute atomic E-state index is 14.2. The van der Waals surface area contributed by atoms with Gasteiger partial charge in [0.15, 0.2) is 11.2 Å². The smallest absolute Gasteiger partial charge is 0.241 e. The zero-order chi connectivity index (χ0) is 23.9. The van der Waals surface area contributed by atoms with Crippen molar-refractivity contribution in [3.05, 3.63) is 95.8 Å². The van der Waals surface area contributed by atoms with E-state index in [1.165, 1.54) is 7.11 Å². The van der Waals surface area contributed by atoms with Gasteiger partial charge in [0.2, 0.25) is 5.91 Å². The van der Waals surface area contributed by atoms with Crippen LogP contribution in [0.15, 0.2) is 79.1 Å². The number of ketones is 1. The van der Waals surface area contributed by atoms with Gasteiger partial charge in [0, 0.05) is 29.6 Å². The Kier molecular flexibility index (Phi) is 5.14. The third-order valence-corrected chi connectivity index (χ3v) is 6.83. The third kappa shape index (κ3) is 3.00. The standard InChI is InChI=1S/C27H22N4O3/c1-34-20-7-4-6-19(15-20)25(32)24-23(18-11-13-30-14-12-18)27(16-28,26(29)33)22-10-9-17-5-2-3-8-21(17)31(22)24/h2-15,22-24H,1H3,(H2,29,33). The van der Waals surface area contributed by atoms with Crippen LogP contribution in [0.3, 0.4) is 0 Å². The van der Waals surface area contributed by atoms with Crippen LogP contribution in [0, 0.1) is 16.7 Å². The second-order valence-electron chi connectivity index (χ2n) is 8.41. The van der Waals surface area contributed by atoms with E-state index in [9.17, 15) is 14.9 Å². The van der Waals surface area contributed by atoms with Crippen LogP contribution in [0.25, 0.3) is 6.08 Å². The number of primary amides is 1. The van der Waals surface area contributed by atoms with Crippen LogP contribution < -0.4 is 15.4 Å². The summed E-state index contributed by atoms with van der Waals surface area (Å²) in [5.41, 5.74) is 7.04. The molecule has 3 heterocycles. The summed E-state index contributed by atoms with van der Waals surface area (Å²) in [5.74, 6) is -1.27. The van der Waals surface area contributed by atoms with Crippen LogP contribution in [0.4, 0.5) is 5.69 Å². The zero-order valence-corrected chi connectivity index (χ0v) is 18.5. The number of carbonyl (C=O) groups is 2. The average molecular weight is 450 g/mol. The summed E-state index contributed by atoms with van der Waals surface area (Å²) in [4.78, 5) is 33.3. The first-order chi connectivity index (χ1) is 16.5. The molecule has 34 heavy (non-hydrogen) atoms. The molecule has 1 amide bonds. The first kappa shape index (κ1) is 21.4. The molecule has 1 saturated heterocycles. The van der Waals surface area contributed by atoms with Crippen molar-refractivity contribution in [1.29, 1.82) is 5.26 Å². The minimum Gasteiger partial charge on any atom is -0.497 e. The fraction of sp³-hybridized carbons (Fsp3) is 0.185. The van der Waals surface area contributed by atoms with Crippen LogP contribution in [-0.4, -0.2) is 35.9 Å². The molecule has 7 heteroatoms. The van der Waals surface area contributed by atoms with Gasteiger partial charge in [-0.3, -0.25) is 14.6 Å². The summed E-state index contributed by atoms with van der Waals surface area (Å²) < 4.78 is 5.33. The number of pyridine rings is 1. The Morgan fingerprint density at radius 2 is 1.88 bits per heavy atom. The van der Waals surface area contributed by atoms with Crippen molar-refractivity contribution in [1.82, 2.24) is 4.98 Å². The number of benzene rings is 2. The summed E-state index contributed by atoms with van der Waals surface area (Å²) in [5, 5.41) is 10.5. The number of para-hydroxylation sites is 1. The molecule has 2 aliphatic rings. The number of ether oxygens (including phenoxy) is 1. The molecule has 1 aromatic heterocycles. The van der Waals surface area contributed by atoms with Crippen molar-refractivity contribution in [2.75, 3.05) is 12.0 Å². The van der Waals surface area contributed by atoms with Gasteiger partial charge in [0.05, 0.1) is 19.2 Å². The molecular weight excluding hydrogens is 428 g/mol. The topological polar surface area (TPSA) is 109 Å². The predicted octanol–water partition coefficient (Wildman–Crippen LogP) is 3.34. The number of anilines is 1. The van der Waals surface area contributed by atoms with Crippen LogP contribution in [-0.2, 0) is 4.79 Å². The Labute approximate surface area is 197 Å². The summed E-state index contributed by atoms with van der Waals surface area (Å²) in [6, 6.07) is 18.6. The Morgan fingerprint density at radius 3 is 2.59 bits per heavy atom. The molecular formula is C27H22N4O3. The van der Waals surface area contributed by atoms with Crippen molar-refractivity contribution in [3.8, 4) is 11.8 Å². The molecule has 0 radical (unpaired) electrons. The van der Waals surface area contributed by atoms with E-state index in [1.54, 1.807) is 48.8 Å². The second kappa shape index (κ2) is 8.16. The lowest BCUT2D eigenvalue weighted by atomic mass is 9.67. The molecule has 0 saturated carbocycles. The number of fused-ring (bicyclic) bond motifs is 3. The van der Waals surface area contributed by atoms with Crippen LogP contribution in [0.5, 0.6) is 5.75 Å². The fourth-order valence-corrected chi connectivity index (χ4v) is 5.32. The monoisotopic (exact) mass is 450 g/mol. The van der Waals surface area contributed by atoms with Crippen LogP contribution in [0.1, 0.15) is 27.4 Å². The molecule has 2 N–H and O–H groups in total. The van der Waals surface area contributed by atoms with E-state index < -0.39 is 29.3 Å². The van der Waals surface area contributed by atoms with E-state index in [1.807, 2.05) is 41.3 Å². The second-order valence-corrected chi connectivity index (χ2v) is 8.41. The lowest BCUT2D eigenvalue weighted by Gasteiger charge is -2.36. The molecule has 5 rings (SSSR count). The zero-order valence-electron chi connectivity index (χ0n) is 18.5. The number of Topliss-reactive ketones (excluding diaryl/α,β-unsaturated/α-hetero) is 1. The van der Waals surface area contributed by atoms with E-state index in [-0.39, 0.29) is 5.78 Å². The third-order valence-electron chi connectivity index (χ3n) is 6.83. The Balaban J connectivity index is 1.80. The molecule has 168 valence electrons. The number of hydrogen-bond acceptors (Lipinski definition) is 6. The van der Waals surface area contributed by atoms with Crippen molar-refractivity contribution in [2.45, 2.75) is 18.0 Å². The van der Waals surface area contributed by atoms with Gasteiger partial charge in [-0.15, -0.1) is 0 Å². The van der Waals surface area contributed by atoms with Crippen molar-refractivity contribution >= 4 is 23.5 Å². The Bertz CT molecular complexity index is 1350. The summed E-state index contributed by atoms with van der Waals surface area (Å²) in [6.07, 6.45) is 6.87. The number of hydrogen-bond donors (Lipinski definition) is 1. The summed E-state index contributed by atoms with van der Waals surface area (Å²) in [6.45, 7) is 0. The lowest BCUT2D eigenvalue weighted by molar-refractivity contribution is -0.125. The number of amides is 1. The largest absolute Gasteiger partial charge is 0.497 e. The maximum Gasteiger partial charge on any atom is 0.241 e. The van der Waals surface area contributed by atoms with E-state index in [4.69, 9.17) is 10.5 Å². The molecule has 4 atom stereocenters. The maximum atomic E-state index is 14.2. The normalized spacial score (nSPS) is 24.6. The molecule has 2 aliphatic heterocycles. The quantitative estimate of drug-likeness (QED) is 0.597. The number of methoxy groups -OCH3 is 1. The molecule has 0 aliphatic carbocycles. The number of nitrogens with zero attached hydrogens (tertiary/aromatic N) is 3. The highest BCUT2D eigenvalue weighted by Crippen LogP contribution is 2.55. The average Bonchev–Trinajstić information content (AvgIpc) is 3.20. The highest BCUT2D eigenvalue weighted by Gasteiger charge is 2.65. The first-order valence-corrected chi connectivity index (χ1v) is 10.9. The van der Waals surface area contributed by atoms with E-state index in [0.717, 1.165) is 11.3 Å². The van der Waals surface area contributed by atoms with Crippen molar-refractivity contribution < 1.29 is 14.3 Å². The molecule has 0 spiro atoms. The number of rotatable bonds is 5. The fourth-order valence-electron chi connectivity index (χ4n) is 5.32. The molecule has 4 unspecified atom stereocenters. The van der Waals surface area contributed by atoms with Gasteiger partial charge in [0.1, 0.15) is 11.8 Å². The summed E-state index contributed by atoms with van der Waals surface area (Å²) >= 11 is 0. The number of aromatic nitrogens is 1. The number of nitriles is 1. The molecule has 7 nitrogen and oxygen atoms in total. The van der Waals surface area contributed by atoms with Gasteiger partial charge in [0.25, 0.3) is 0 Å². The molecule has 1 fully saturated rings. The van der Waals surface area contributed by atoms with Crippen LogP contribution in [0.2, 0.25) is 0 Å². The van der Waals surface area contributed by atoms with Crippen molar-refractivity contribution in [3.63, 3.8) is 0 Å².